The van der Waals surface area contributed by atoms with Gasteiger partial charge in [0, 0.05) is 25.6 Å². The van der Waals surface area contributed by atoms with Crippen molar-refractivity contribution in [1.82, 2.24) is 10.2 Å². The monoisotopic (exact) mass is 269 g/mol. The Morgan fingerprint density at radius 2 is 1.84 bits per heavy atom. The van der Waals surface area contributed by atoms with Gasteiger partial charge in [-0.15, -0.1) is 0 Å². The topological polar surface area (TPSA) is 75.4 Å². The van der Waals surface area contributed by atoms with Crippen LogP contribution >= 0.6 is 0 Å². The molecule has 0 aromatic carbocycles. The third-order valence-corrected chi connectivity index (χ3v) is 3.73. The normalized spacial score (nSPS) is 19.1. The summed E-state index contributed by atoms with van der Waals surface area (Å²) in [4.78, 5) is 25.8. The van der Waals surface area contributed by atoms with Crippen LogP contribution < -0.4 is 11.1 Å². The van der Waals surface area contributed by atoms with Crippen LogP contribution in [0.1, 0.15) is 40.5 Å². The number of hydrogen-bond acceptors (Lipinski definition) is 3. The standard InChI is InChI=1S/C14H27N3O2/c1-5-16-12(18)10-6-8-17(9-7-10)13(19)11(15)14(2,3)4/h10-11H,5-9,15H2,1-4H3,(H,16,18)/t11-/m0/s1. The molecule has 3 N–H and O–H groups in total. The van der Waals surface area contributed by atoms with Crippen molar-refractivity contribution in [2.24, 2.45) is 17.1 Å². The molecule has 2 amide bonds. The minimum Gasteiger partial charge on any atom is -0.356 e. The van der Waals surface area contributed by atoms with E-state index in [1.54, 1.807) is 4.90 Å². The van der Waals surface area contributed by atoms with Gasteiger partial charge >= 0.3 is 0 Å². The van der Waals surface area contributed by atoms with Gasteiger partial charge in [-0.3, -0.25) is 9.59 Å². The number of piperidine rings is 1. The summed E-state index contributed by atoms with van der Waals surface area (Å²) in [5, 5.41) is 2.84. The predicted molar refractivity (Wildman–Crippen MR) is 75.4 cm³/mol. The first-order chi connectivity index (χ1) is 8.77. The van der Waals surface area contributed by atoms with E-state index >= 15 is 0 Å². The van der Waals surface area contributed by atoms with E-state index < -0.39 is 6.04 Å². The highest BCUT2D eigenvalue weighted by Gasteiger charge is 2.34. The maximum absolute atomic E-state index is 12.2. The lowest BCUT2D eigenvalue weighted by atomic mass is 9.86. The van der Waals surface area contributed by atoms with E-state index in [9.17, 15) is 9.59 Å². The summed E-state index contributed by atoms with van der Waals surface area (Å²) in [6.45, 7) is 9.74. The van der Waals surface area contributed by atoms with Gasteiger partial charge < -0.3 is 16.0 Å². The molecule has 0 aromatic rings. The van der Waals surface area contributed by atoms with Gasteiger partial charge in [0.2, 0.25) is 11.8 Å². The molecule has 0 bridgehead atoms. The zero-order valence-corrected chi connectivity index (χ0v) is 12.5. The summed E-state index contributed by atoms with van der Waals surface area (Å²) in [5.41, 5.74) is 5.77. The van der Waals surface area contributed by atoms with Gasteiger partial charge in [0.1, 0.15) is 0 Å². The highest BCUT2D eigenvalue weighted by molar-refractivity contribution is 5.83. The van der Waals surface area contributed by atoms with Crippen molar-refractivity contribution in [3.05, 3.63) is 0 Å². The summed E-state index contributed by atoms with van der Waals surface area (Å²) in [6, 6.07) is -0.478. The molecular weight excluding hydrogens is 242 g/mol. The van der Waals surface area contributed by atoms with E-state index in [4.69, 9.17) is 5.73 Å². The first kappa shape index (κ1) is 16.0. The lowest BCUT2D eigenvalue weighted by molar-refractivity contribution is -0.138. The molecule has 1 heterocycles. The third kappa shape index (κ3) is 4.20. The zero-order valence-electron chi connectivity index (χ0n) is 12.5. The van der Waals surface area contributed by atoms with E-state index in [1.165, 1.54) is 0 Å². The SMILES string of the molecule is CCNC(=O)C1CCN(C(=O)[C@H](N)C(C)(C)C)CC1. The lowest BCUT2D eigenvalue weighted by Gasteiger charge is -2.36. The van der Waals surface area contributed by atoms with Crippen LogP contribution in [0, 0.1) is 11.3 Å². The van der Waals surface area contributed by atoms with Crippen molar-refractivity contribution < 1.29 is 9.59 Å². The van der Waals surface area contributed by atoms with E-state index in [1.807, 2.05) is 27.7 Å². The molecule has 1 aliphatic rings. The molecule has 0 aliphatic carbocycles. The van der Waals surface area contributed by atoms with Crippen LogP contribution in [0.25, 0.3) is 0 Å². The molecule has 0 unspecified atom stereocenters. The number of carbonyl (C=O) groups excluding carboxylic acids is 2. The molecule has 1 aliphatic heterocycles. The Hall–Kier alpha value is -1.10. The largest absolute Gasteiger partial charge is 0.356 e. The number of likely N-dealkylation sites (tertiary alicyclic amines) is 1. The smallest absolute Gasteiger partial charge is 0.240 e. The van der Waals surface area contributed by atoms with Crippen molar-refractivity contribution in [1.29, 1.82) is 0 Å². The molecule has 1 atom stereocenters. The van der Waals surface area contributed by atoms with Gasteiger partial charge in [-0.25, -0.2) is 0 Å². The number of nitrogens with two attached hydrogens (primary N) is 1. The van der Waals surface area contributed by atoms with Crippen LogP contribution in [-0.2, 0) is 9.59 Å². The summed E-state index contributed by atoms with van der Waals surface area (Å²) in [7, 11) is 0. The lowest BCUT2D eigenvalue weighted by Crippen LogP contribution is -2.53. The molecule has 0 spiro atoms. The minimum absolute atomic E-state index is 0.00171. The first-order valence-corrected chi connectivity index (χ1v) is 7.09. The molecule has 5 heteroatoms. The molecular formula is C14H27N3O2. The van der Waals surface area contributed by atoms with E-state index in [0.717, 1.165) is 12.8 Å². The van der Waals surface area contributed by atoms with Crippen molar-refractivity contribution in [3.8, 4) is 0 Å². The van der Waals surface area contributed by atoms with Gasteiger partial charge in [0.05, 0.1) is 6.04 Å². The second-order valence-corrected chi connectivity index (χ2v) is 6.34. The number of hydrogen-bond donors (Lipinski definition) is 2. The number of rotatable bonds is 3. The Morgan fingerprint density at radius 3 is 2.26 bits per heavy atom. The third-order valence-electron chi connectivity index (χ3n) is 3.73. The molecule has 110 valence electrons. The van der Waals surface area contributed by atoms with Crippen LogP contribution in [0.5, 0.6) is 0 Å². The quantitative estimate of drug-likeness (QED) is 0.793. The van der Waals surface area contributed by atoms with Gasteiger partial charge in [-0.05, 0) is 25.2 Å². The first-order valence-electron chi connectivity index (χ1n) is 7.09. The molecule has 1 saturated heterocycles. The van der Waals surface area contributed by atoms with E-state index in [0.29, 0.717) is 19.6 Å². The molecule has 0 radical (unpaired) electrons. The Morgan fingerprint density at radius 1 is 1.32 bits per heavy atom. The van der Waals surface area contributed by atoms with Gasteiger partial charge in [0.15, 0.2) is 0 Å². The molecule has 0 aromatic heterocycles. The second kappa shape index (κ2) is 6.37. The zero-order chi connectivity index (χ0) is 14.6. The van der Waals surface area contributed by atoms with Gasteiger partial charge in [0.25, 0.3) is 0 Å². The highest BCUT2D eigenvalue weighted by atomic mass is 16.2. The average Bonchev–Trinajstić information content (AvgIpc) is 2.36. The molecule has 5 nitrogen and oxygen atoms in total. The Labute approximate surface area is 115 Å². The van der Waals surface area contributed by atoms with Crippen LogP contribution in [0.15, 0.2) is 0 Å². The molecule has 1 rings (SSSR count). The van der Waals surface area contributed by atoms with Crippen LogP contribution in [0.4, 0.5) is 0 Å². The minimum atomic E-state index is -0.478. The maximum atomic E-state index is 12.2. The van der Waals surface area contributed by atoms with Gasteiger partial charge in [-0.1, -0.05) is 20.8 Å². The number of nitrogens with one attached hydrogen (secondary N) is 1. The summed E-state index contributed by atoms with van der Waals surface area (Å²) >= 11 is 0. The van der Waals surface area contributed by atoms with Crippen molar-refractivity contribution >= 4 is 11.8 Å². The number of carbonyl (C=O) groups is 2. The van der Waals surface area contributed by atoms with Crippen LogP contribution in [-0.4, -0.2) is 42.4 Å². The van der Waals surface area contributed by atoms with Crippen LogP contribution in [0.3, 0.4) is 0 Å². The van der Waals surface area contributed by atoms with Crippen molar-refractivity contribution in [2.75, 3.05) is 19.6 Å². The Balaban J connectivity index is 2.50. The fourth-order valence-electron chi connectivity index (χ4n) is 2.25. The van der Waals surface area contributed by atoms with Crippen molar-refractivity contribution in [3.63, 3.8) is 0 Å². The Bertz CT molecular complexity index is 328. The summed E-state index contributed by atoms with van der Waals surface area (Å²) < 4.78 is 0. The van der Waals surface area contributed by atoms with Crippen molar-refractivity contribution in [2.45, 2.75) is 46.6 Å². The number of nitrogens with zero attached hydrogens (tertiary/aromatic N) is 1. The Kier molecular flexibility index (Phi) is 5.35. The fourth-order valence-corrected chi connectivity index (χ4v) is 2.25. The summed E-state index contributed by atoms with van der Waals surface area (Å²) in [5.74, 6) is 0.145. The summed E-state index contributed by atoms with van der Waals surface area (Å²) in [6.07, 6.45) is 1.46. The van der Waals surface area contributed by atoms with E-state index in [2.05, 4.69) is 5.32 Å². The molecule has 0 saturated carbocycles. The van der Waals surface area contributed by atoms with Crippen LogP contribution in [0.2, 0.25) is 0 Å². The molecule has 1 fully saturated rings. The van der Waals surface area contributed by atoms with Gasteiger partial charge in [-0.2, -0.15) is 0 Å². The number of amides is 2. The second-order valence-electron chi connectivity index (χ2n) is 6.34. The fraction of sp³-hybridized carbons (Fsp3) is 0.857. The average molecular weight is 269 g/mol. The van der Waals surface area contributed by atoms with E-state index in [-0.39, 0.29) is 23.1 Å². The molecule has 19 heavy (non-hydrogen) atoms. The predicted octanol–water partition coefficient (Wildman–Crippen LogP) is 0.735. The highest BCUT2D eigenvalue weighted by Crippen LogP contribution is 2.23. The maximum Gasteiger partial charge on any atom is 0.240 e.